The number of hydrogen-bond acceptors (Lipinski definition) is 5. The zero-order valence-electron chi connectivity index (χ0n) is 14.9. The molecule has 0 amide bonds. The molecule has 1 saturated heterocycles. The second-order valence-corrected chi connectivity index (χ2v) is 7.12. The number of aromatic nitrogens is 3. The van der Waals surface area contributed by atoms with E-state index in [-0.39, 0.29) is 5.88 Å². The lowest BCUT2D eigenvalue weighted by atomic mass is 9.91. The van der Waals surface area contributed by atoms with E-state index in [2.05, 4.69) is 26.8 Å². The Bertz CT molecular complexity index is 706. The van der Waals surface area contributed by atoms with Crippen molar-refractivity contribution in [1.29, 1.82) is 0 Å². The van der Waals surface area contributed by atoms with E-state index >= 15 is 0 Å². The first-order valence-electron chi connectivity index (χ1n) is 9.43. The summed E-state index contributed by atoms with van der Waals surface area (Å²) in [7, 11) is 0. The van der Waals surface area contributed by atoms with Crippen molar-refractivity contribution in [3.05, 3.63) is 35.7 Å². The summed E-state index contributed by atoms with van der Waals surface area (Å²) in [6.45, 7) is 8.05. The first-order valence-corrected chi connectivity index (χ1v) is 9.43. The summed E-state index contributed by atoms with van der Waals surface area (Å²) in [6, 6.07) is 6.19. The van der Waals surface area contributed by atoms with Crippen LogP contribution in [0.5, 0.6) is 5.88 Å². The Morgan fingerprint density at radius 3 is 2.76 bits per heavy atom. The molecule has 0 bridgehead atoms. The molecule has 6 heteroatoms. The maximum absolute atomic E-state index is 10.7. The Morgan fingerprint density at radius 1 is 1.20 bits per heavy atom. The van der Waals surface area contributed by atoms with Crippen LogP contribution in [-0.2, 0) is 12.8 Å². The van der Waals surface area contributed by atoms with E-state index in [0.29, 0.717) is 11.9 Å². The van der Waals surface area contributed by atoms with E-state index in [0.717, 1.165) is 56.7 Å². The fourth-order valence-corrected chi connectivity index (χ4v) is 4.16. The predicted molar refractivity (Wildman–Crippen MR) is 97.1 cm³/mol. The Kier molecular flexibility index (Phi) is 4.72. The zero-order chi connectivity index (χ0) is 17.2. The summed E-state index contributed by atoms with van der Waals surface area (Å²) in [5.41, 5.74) is 2.04. The van der Waals surface area contributed by atoms with Gasteiger partial charge in [0.15, 0.2) is 5.82 Å². The molecule has 3 heterocycles. The normalized spacial score (nSPS) is 22.0. The quantitative estimate of drug-likeness (QED) is 0.920. The molecular formula is C19H27N5O. The van der Waals surface area contributed by atoms with Crippen molar-refractivity contribution in [3.8, 4) is 11.7 Å². The van der Waals surface area contributed by atoms with Gasteiger partial charge in [-0.1, -0.05) is 13.0 Å². The Hall–Kier alpha value is -1.92. The van der Waals surface area contributed by atoms with Gasteiger partial charge in [-0.2, -0.15) is 9.78 Å². The maximum atomic E-state index is 10.7. The smallest absolute Gasteiger partial charge is 0.219 e. The summed E-state index contributed by atoms with van der Waals surface area (Å²) < 4.78 is 1.59. The molecule has 2 aromatic heterocycles. The van der Waals surface area contributed by atoms with Crippen LogP contribution in [0.2, 0.25) is 0 Å². The summed E-state index contributed by atoms with van der Waals surface area (Å²) in [5, 5.41) is 15.3. The summed E-state index contributed by atoms with van der Waals surface area (Å²) >= 11 is 0. The highest BCUT2D eigenvalue weighted by atomic mass is 16.3. The lowest BCUT2D eigenvalue weighted by Gasteiger charge is -2.40. The molecule has 1 N–H and O–H groups in total. The number of aromatic hydroxyl groups is 1. The molecule has 1 atom stereocenters. The number of aryl methyl sites for hydroxylation is 1. The molecule has 6 nitrogen and oxygen atoms in total. The zero-order valence-corrected chi connectivity index (χ0v) is 14.9. The number of rotatable bonds is 4. The molecule has 4 rings (SSSR count). The van der Waals surface area contributed by atoms with Gasteiger partial charge in [0.25, 0.3) is 0 Å². The van der Waals surface area contributed by atoms with Crippen LogP contribution in [0, 0.1) is 0 Å². The summed E-state index contributed by atoms with van der Waals surface area (Å²) in [6.07, 6.45) is 5.91. The molecular weight excluding hydrogens is 314 g/mol. The van der Waals surface area contributed by atoms with Crippen molar-refractivity contribution in [3.63, 3.8) is 0 Å². The third-order valence-electron chi connectivity index (χ3n) is 5.52. The predicted octanol–water partition coefficient (Wildman–Crippen LogP) is 1.86. The number of hydrogen-bond donors (Lipinski definition) is 1. The van der Waals surface area contributed by atoms with Crippen LogP contribution in [-0.4, -0.2) is 68.4 Å². The largest absolute Gasteiger partial charge is 0.493 e. The number of piperazine rings is 1. The molecule has 0 saturated carbocycles. The van der Waals surface area contributed by atoms with Crippen molar-refractivity contribution >= 4 is 0 Å². The van der Waals surface area contributed by atoms with E-state index in [1.54, 1.807) is 10.9 Å². The summed E-state index contributed by atoms with van der Waals surface area (Å²) in [5.74, 6) is 0.946. The molecule has 2 aromatic rings. The molecule has 0 spiro atoms. The minimum atomic E-state index is 0.267. The van der Waals surface area contributed by atoms with E-state index < -0.39 is 0 Å². The fourth-order valence-electron chi connectivity index (χ4n) is 4.16. The van der Waals surface area contributed by atoms with Crippen molar-refractivity contribution in [2.24, 2.45) is 0 Å². The highest BCUT2D eigenvalue weighted by Crippen LogP contribution is 2.32. The van der Waals surface area contributed by atoms with Gasteiger partial charge >= 0.3 is 0 Å². The summed E-state index contributed by atoms with van der Waals surface area (Å²) in [4.78, 5) is 9.47. The van der Waals surface area contributed by atoms with E-state index in [1.807, 2.05) is 18.2 Å². The third kappa shape index (κ3) is 3.28. The van der Waals surface area contributed by atoms with Crippen molar-refractivity contribution in [1.82, 2.24) is 24.6 Å². The molecule has 134 valence electrons. The molecule has 0 radical (unpaired) electrons. The standard InChI is InChI=1S/C19H27N5O/c1-2-9-22-10-12-23(13-11-22)15-6-7-17-16(14-15)19(25)24(21-17)18-5-3-4-8-20-18/h3-5,8,15,25H,2,6-7,9-14H2,1H3. The van der Waals surface area contributed by atoms with Crippen molar-refractivity contribution in [2.45, 2.75) is 38.6 Å². The first-order chi connectivity index (χ1) is 12.3. The van der Waals surface area contributed by atoms with Gasteiger partial charge in [-0.05, 0) is 44.4 Å². The number of pyridine rings is 1. The van der Waals surface area contributed by atoms with Gasteiger partial charge in [-0.25, -0.2) is 4.98 Å². The molecule has 1 fully saturated rings. The van der Waals surface area contributed by atoms with Crippen LogP contribution < -0.4 is 0 Å². The van der Waals surface area contributed by atoms with Gasteiger partial charge in [0.1, 0.15) is 0 Å². The monoisotopic (exact) mass is 341 g/mol. The highest BCUT2D eigenvalue weighted by Gasteiger charge is 2.31. The van der Waals surface area contributed by atoms with Crippen LogP contribution in [0.4, 0.5) is 0 Å². The molecule has 0 aromatic carbocycles. The number of fused-ring (bicyclic) bond motifs is 1. The third-order valence-corrected chi connectivity index (χ3v) is 5.52. The molecule has 25 heavy (non-hydrogen) atoms. The van der Waals surface area contributed by atoms with Crippen LogP contribution in [0.15, 0.2) is 24.4 Å². The van der Waals surface area contributed by atoms with Gasteiger partial charge in [0.05, 0.1) is 5.69 Å². The minimum Gasteiger partial charge on any atom is -0.493 e. The van der Waals surface area contributed by atoms with E-state index in [9.17, 15) is 5.11 Å². The van der Waals surface area contributed by atoms with E-state index in [1.165, 1.54) is 13.0 Å². The second kappa shape index (κ2) is 7.14. The molecule has 1 unspecified atom stereocenters. The maximum Gasteiger partial charge on any atom is 0.219 e. The van der Waals surface area contributed by atoms with Gasteiger partial charge in [-0.15, -0.1) is 0 Å². The lowest BCUT2D eigenvalue weighted by Crippen LogP contribution is -2.51. The van der Waals surface area contributed by atoms with Crippen LogP contribution in [0.1, 0.15) is 31.0 Å². The highest BCUT2D eigenvalue weighted by molar-refractivity contribution is 5.39. The van der Waals surface area contributed by atoms with Gasteiger partial charge < -0.3 is 10.0 Å². The molecule has 1 aliphatic carbocycles. The van der Waals surface area contributed by atoms with E-state index in [4.69, 9.17) is 0 Å². The second-order valence-electron chi connectivity index (χ2n) is 7.12. The first kappa shape index (κ1) is 16.5. The molecule has 1 aliphatic heterocycles. The van der Waals surface area contributed by atoms with Crippen LogP contribution in [0.25, 0.3) is 5.82 Å². The van der Waals surface area contributed by atoms with Gasteiger partial charge in [-0.3, -0.25) is 4.90 Å². The van der Waals surface area contributed by atoms with Gasteiger partial charge in [0, 0.05) is 44.0 Å². The Morgan fingerprint density at radius 2 is 2.04 bits per heavy atom. The molecule has 2 aliphatic rings. The Balaban J connectivity index is 1.48. The van der Waals surface area contributed by atoms with Crippen molar-refractivity contribution in [2.75, 3.05) is 32.7 Å². The average molecular weight is 341 g/mol. The topological polar surface area (TPSA) is 57.4 Å². The average Bonchev–Trinajstić information content (AvgIpc) is 3.00. The Labute approximate surface area is 149 Å². The van der Waals surface area contributed by atoms with Crippen molar-refractivity contribution < 1.29 is 5.11 Å². The SMILES string of the molecule is CCCN1CCN(C2CCc3nn(-c4ccccn4)c(O)c3C2)CC1. The minimum absolute atomic E-state index is 0.267. The number of nitrogens with zero attached hydrogens (tertiary/aromatic N) is 5. The van der Waals surface area contributed by atoms with Crippen LogP contribution in [0.3, 0.4) is 0 Å². The van der Waals surface area contributed by atoms with Gasteiger partial charge in [0.2, 0.25) is 5.88 Å². The lowest BCUT2D eigenvalue weighted by molar-refractivity contribution is 0.0892. The fraction of sp³-hybridized carbons (Fsp3) is 0.579. The van der Waals surface area contributed by atoms with Crippen LogP contribution >= 0.6 is 0 Å².